The van der Waals surface area contributed by atoms with Crippen molar-refractivity contribution < 1.29 is 14.3 Å². The molecule has 1 aliphatic carbocycles. The highest BCUT2D eigenvalue weighted by atomic mass is 79.9. The fourth-order valence-corrected chi connectivity index (χ4v) is 4.57. The molecule has 4 nitrogen and oxygen atoms in total. The number of hydrogen-bond donors (Lipinski definition) is 0. The van der Waals surface area contributed by atoms with Crippen molar-refractivity contribution in [3.05, 3.63) is 0 Å². The molecule has 2 amide bonds. The van der Waals surface area contributed by atoms with Crippen LogP contribution in [0.2, 0.25) is 0 Å². The number of likely N-dealkylation sites (tertiary alicyclic amines) is 1. The van der Waals surface area contributed by atoms with Crippen LogP contribution in [0.5, 0.6) is 0 Å². The van der Waals surface area contributed by atoms with E-state index in [2.05, 4.69) is 31.9 Å². The number of hydrogen-bond acceptors (Lipinski definition) is 3. The van der Waals surface area contributed by atoms with E-state index in [0.29, 0.717) is 6.54 Å². The smallest absolute Gasteiger partial charge is 0.233 e. The number of ether oxygens (including phenoxy) is 1. The van der Waals surface area contributed by atoms with Crippen LogP contribution in [-0.4, -0.2) is 45.6 Å². The predicted octanol–water partition coefficient (Wildman–Crippen LogP) is 2.09. The van der Waals surface area contributed by atoms with Crippen LogP contribution >= 0.6 is 31.9 Å². The Morgan fingerprint density at radius 2 is 1.68 bits per heavy atom. The van der Waals surface area contributed by atoms with Gasteiger partial charge in [-0.2, -0.15) is 0 Å². The van der Waals surface area contributed by atoms with Crippen molar-refractivity contribution in [3.8, 4) is 0 Å². The molecule has 2 heterocycles. The number of carbonyl (C=O) groups excluding carboxylic acids is 2. The summed E-state index contributed by atoms with van der Waals surface area (Å²) in [5, 5.41) is 0. The summed E-state index contributed by atoms with van der Waals surface area (Å²) in [4.78, 5) is 26.8. The van der Waals surface area contributed by atoms with Crippen molar-refractivity contribution in [3.63, 3.8) is 0 Å². The summed E-state index contributed by atoms with van der Waals surface area (Å²) in [6, 6.07) is 0. The van der Waals surface area contributed by atoms with Crippen molar-refractivity contribution >= 4 is 43.7 Å². The van der Waals surface area contributed by atoms with Crippen LogP contribution < -0.4 is 0 Å². The second kappa shape index (κ2) is 5.45. The Hall–Kier alpha value is 0.0600. The Balaban J connectivity index is 1.73. The first-order valence-electron chi connectivity index (χ1n) is 6.83. The van der Waals surface area contributed by atoms with E-state index in [1.807, 2.05) is 0 Å². The van der Waals surface area contributed by atoms with E-state index >= 15 is 0 Å². The quantitative estimate of drug-likeness (QED) is 0.532. The van der Waals surface area contributed by atoms with E-state index in [0.717, 1.165) is 32.3 Å². The number of carbonyl (C=O) groups is 2. The van der Waals surface area contributed by atoms with Gasteiger partial charge in [0.25, 0.3) is 0 Å². The molecule has 106 valence electrons. The zero-order valence-electron chi connectivity index (χ0n) is 10.6. The molecule has 1 saturated carbocycles. The largest absolute Gasteiger partial charge is 0.376 e. The number of alkyl halides is 2. The van der Waals surface area contributed by atoms with Gasteiger partial charge in [-0.1, -0.05) is 31.9 Å². The normalized spacial score (nSPS) is 42.8. The average Bonchev–Trinajstić information content (AvgIpc) is 2.96. The van der Waals surface area contributed by atoms with Gasteiger partial charge in [0.05, 0.1) is 24.5 Å². The SMILES string of the molecule is O=C1[C@@H]2C[C@@H](Br)[C@@H](Br)C[C@H]2C(=O)N1C[C@H]1CCCO1. The van der Waals surface area contributed by atoms with E-state index in [-0.39, 0.29) is 39.4 Å². The summed E-state index contributed by atoms with van der Waals surface area (Å²) in [6.07, 6.45) is 3.52. The van der Waals surface area contributed by atoms with Gasteiger partial charge in [-0.3, -0.25) is 14.5 Å². The second-order valence-electron chi connectivity index (χ2n) is 5.64. The Morgan fingerprint density at radius 1 is 1.11 bits per heavy atom. The van der Waals surface area contributed by atoms with Gasteiger partial charge in [-0.15, -0.1) is 0 Å². The van der Waals surface area contributed by atoms with Gasteiger partial charge in [0.2, 0.25) is 11.8 Å². The minimum Gasteiger partial charge on any atom is -0.376 e. The standard InChI is InChI=1S/C13H17Br2NO3/c14-10-4-8-9(5-11(10)15)13(18)16(12(8)17)6-7-2-1-3-19-7/h7-11H,1-6H2/t7-,8-,9-,10-,11+/m1/s1. The third kappa shape index (κ3) is 2.51. The molecule has 3 fully saturated rings. The number of fused-ring (bicyclic) bond motifs is 1. The minimum absolute atomic E-state index is 0.00866. The molecule has 3 rings (SSSR count). The minimum atomic E-state index is -0.132. The molecule has 0 bridgehead atoms. The molecule has 0 unspecified atom stereocenters. The molecule has 0 N–H and O–H groups in total. The molecule has 6 heteroatoms. The van der Waals surface area contributed by atoms with Crippen molar-refractivity contribution in [2.75, 3.05) is 13.2 Å². The Bertz CT molecular complexity index is 369. The van der Waals surface area contributed by atoms with Crippen LogP contribution in [-0.2, 0) is 14.3 Å². The molecule has 0 aromatic rings. The van der Waals surface area contributed by atoms with Crippen LogP contribution in [0.25, 0.3) is 0 Å². The number of nitrogens with zero attached hydrogens (tertiary/aromatic N) is 1. The highest BCUT2D eigenvalue weighted by molar-refractivity contribution is 9.12. The first-order valence-corrected chi connectivity index (χ1v) is 8.66. The lowest BCUT2D eigenvalue weighted by atomic mass is 9.81. The van der Waals surface area contributed by atoms with Crippen LogP contribution in [0.3, 0.4) is 0 Å². The lowest BCUT2D eigenvalue weighted by Crippen LogP contribution is -2.37. The third-order valence-electron chi connectivity index (χ3n) is 4.41. The molecule has 2 saturated heterocycles. The topological polar surface area (TPSA) is 46.6 Å². The van der Waals surface area contributed by atoms with Gasteiger partial charge in [0.1, 0.15) is 0 Å². The van der Waals surface area contributed by atoms with E-state index in [4.69, 9.17) is 4.74 Å². The van der Waals surface area contributed by atoms with Crippen molar-refractivity contribution in [2.45, 2.75) is 41.4 Å². The molecular formula is C13H17Br2NO3. The summed E-state index contributed by atoms with van der Waals surface area (Å²) in [6.45, 7) is 1.20. The fourth-order valence-electron chi connectivity index (χ4n) is 3.34. The maximum atomic E-state index is 12.4. The molecule has 0 aromatic heterocycles. The van der Waals surface area contributed by atoms with E-state index < -0.39 is 0 Å². The van der Waals surface area contributed by atoms with E-state index in [1.54, 1.807) is 0 Å². The monoisotopic (exact) mass is 393 g/mol. The lowest BCUT2D eigenvalue weighted by molar-refractivity contribution is -0.141. The highest BCUT2D eigenvalue weighted by Gasteiger charge is 2.52. The van der Waals surface area contributed by atoms with Crippen LogP contribution in [0.1, 0.15) is 25.7 Å². The van der Waals surface area contributed by atoms with Gasteiger partial charge >= 0.3 is 0 Å². The highest BCUT2D eigenvalue weighted by Crippen LogP contribution is 2.43. The maximum absolute atomic E-state index is 12.4. The van der Waals surface area contributed by atoms with Crippen molar-refractivity contribution in [2.24, 2.45) is 11.8 Å². The van der Waals surface area contributed by atoms with Gasteiger partial charge < -0.3 is 4.74 Å². The zero-order valence-corrected chi connectivity index (χ0v) is 13.7. The Morgan fingerprint density at radius 3 is 2.16 bits per heavy atom. The summed E-state index contributed by atoms with van der Waals surface area (Å²) < 4.78 is 5.54. The number of imide groups is 1. The second-order valence-corrected chi connectivity index (χ2v) is 7.99. The molecule has 5 atom stereocenters. The van der Waals surface area contributed by atoms with E-state index in [9.17, 15) is 9.59 Å². The molecule has 2 aliphatic heterocycles. The van der Waals surface area contributed by atoms with Gasteiger partial charge in [0.15, 0.2) is 0 Å². The predicted molar refractivity (Wildman–Crippen MR) is 77.3 cm³/mol. The van der Waals surface area contributed by atoms with Crippen LogP contribution in [0.15, 0.2) is 0 Å². The van der Waals surface area contributed by atoms with Crippen LogP contribution in [0, 0.1) is 11.8 Å². The molecule has 3 aliphatic rings. The maximum Gasteiger partial charge on any atom is 0.233 e. The number of halogens is 2. The fraction of sp³-hybridized carbons (Fsp3) is 0.846. The number of amides is 2. The molecule has 0 radical (unpaired) electrons. The zero-order chi connectivity index (χ0) is 13.6. The first kappa shape index (κ1) is 14.0. The van der Waals surface area contributed by atoms with E-state index in [1.165, 1.54) is 4.90 Å². The van der Waals surface area contributed by atoms with Gasteiger partial charge in [0, 0.05) is 16.3 Å². The summed E-state index contributed by atoms with van der Waals surface area (Å²) in [5.74, 6) is -0.247. The molecule has 0 aromatic carbocycles. The first-order chi connectivity index (χ1) is 9.08. The third-order valence-corrected chi connectivity index (χ3v) is 7.15. The molecule has 0 spiro atoms. The lowest BCUT2D eigenvalue weighted by Gasteiger charge is -2.29. The summed E-state index contributed by atoms with van der Waals surface area (Å²) in [5.41, 5.74) is 0. The number of rotatable bonds is 2. The van der Waals surface area contributed by atoms with Gasteiger partial charge in [-0.25, -0.2) is 0 Å². The van der Waals surface area contributed by atoms with Crippen LogP contribution in [0.4, 0.5) is 0 Å². The summed E-state index contributed by atoms with van der Waals surface area (Å²) in [7, 11) is 0. The average molecular weight is 395 g/mol. The Labute approximate surface area is 129 Å². The van der Waals surface area contributed by atoms with Gasteiger partial charge in [-0.05, 0) is 25.7 Å². The molecule has 19 heavy (non-hydrogen) atoms. The van der Waals surface area contributed by atoms with Crippen molar-refractivity contribution in [1.82, 2.24) is 4.90 Å². The Kier molecular flexibility index (Phi) is 4.02. The van der Waals surface area contributed by atoms with Crippen molar-refractivity contribution in [1.29, 1.82) is 0 Å². The molecular weight excluding hydrogens is 378 g/mol. The summed E-state index contributed by atoms with van der Waals surface area (Å²) >= 11 is 7.18.